The number of halogens is 1. The molecule has 4 heteroatoms. The second kappa shape index (κ2) is 4.44. The number of aromatic nitrogens is 2. The third-order valence-corrected chi connectivity index (χ3v) is 3.17. The summed E-state index contributed by atoms with van der Waals surface area (Å²) >= 11 is 5.79. The summed E-state index contributed by atoms with van der Waals surface area (Å²) in [4.78, 5) is 7.28. The van der Waals surface area contributed by atoms with Crippen LogP contribution in [0.25, 0.3) is 10.9 Å². The van der Waals surface area contributed by atoms with Crippen LogP contribution in [0.5, 0.6) is 0 Å². The van der Waals surface area contributed by atoms with Gasteiger partial charge in [-0.1, -0.05) is 29.8 Å². The molecule has 3 aromatic rings. The molecular formula is C14H11ClN2O. The molecule has 0 saturated heterocycles. The maximum absolute atomic E-state index is 10.3. The fraction of sp³-hybridized carbons (Fsp3) is 0.0714. The SMILES string of the molecule is O[C@@H](c1ccc(Cl)cn1)c1c[nH]c2ccccc12. The summed E-state index contributed by atoms with van der Waals surface area (Å²) in [5.74, 6) is 0. The minimum absolute atomic E-state index is 0.560. The Morgan fingerprint density at radius 3 is 2.78 bits per heavy atom. The summed E-state index contributed by atoms with van der Waals surface area (Å²) in [5.41, 5.74) is 2.41. The normalized spacial score (nSPS) is 12.8. The Morgan fingerprint density at radius 2 is 2.00 bits per heavy atom. The van der Waals surface area contributed by atoms with Crippen LogP contribution in [0.3, 0.4) is 0 Å². The number of aliphatic hydroxyl groups is 1. The first-order valence-electron chi connectivity index (χ1n) is 5.61. The molecule has 0 saturated carbocycles. The first-order chi connectivity index (χ1) is 8.75. The zero-order valence-corrected chi connectivity index (χ0v) is 10.2. The molecule has 1 atom stereocenters. The molecule has 18 heavy (non-hydrogen) atoms. The van der Waals surface area contributed by atoms with E-state index in [1.165, 1.54) is 6.20 Å². The molecule has 0 aliphatic rings. The summed E-state index contributed by atoms with van der Waals surface area (Å²) in [6, 6.07) is 11.3. The van der Waals surface area contributed by atoms with Gasteiger partial charge in [0.05, 0.1) is 10.7 Å². The lowest BCUT2D eigenvalue weighted by molar-refractivity contribution is 0.217. The van der Waals surface area contributed by atoms with Crippen molar-refractivity contribution in [1.29, 1.82) is 0 Å². The maximum Gasteiger partial charge on any atom is 0.123 e. The third kappa shape index (κ3) is 1.88. The molecule has 0 aliphatic carbocycles. The van der Waals surface area contributed by atoms with Gasteiger partial charge in [0.25, 0.3) is 0 Å². The van der Waals surface area contributed by atoms with E-state index in [0.29, 0.717) is 10.7 Å². The van der Waals surface area contributed by atoms with Crippen LogP contribution in [-0.4, -0.2) is 15.1 Å². The standard InChI is InChI=1S/C14H11ClN2O/c15-9-5-6-13(16-7-9)14(18)11-8-17-12-4-2-1-3-10(11)12/h1-8,14,17-18H/t14-/m1/s1. The van der Waals surface area contributed by atoms with Crippen LogP contribution in [0, 0.1) is 0 Å². The molecular weight excluding hydrogens is 248 g/mol. The average molecular weight is 259 g/mol. The summed E-state index contributed by atoms with van der Waals surface area (Å²) in [6.45, 7) is 0. The number of aliphatic hydroxyl groups excluding tert-OH is 1. The van der Waals surface area contributed by atoms with Crippen LogP contribution in [0.15, 0.2) is 48.8 Å². The monoisotopic (exact) mass is 258 g/mol. The van der Waals surface area contributed by atoms with E-state index < -0.39 is 6.10 Å². The maximum atomic E-state index is 10.3. The lowest BCUT2D eigenvalue weighted by Crippen LogP contribution is -2.01. The number of para-hydroxylation sites is 1. The van der Waals surface area contributed by atoms with E-state index in [0.717, 1.165) is 16.5 Å². The van der Waals surface area contributed by atoms with Gasteiger partial charge in [0, 0.05) is 28.9 Å². The van der Waals surface area contributed by atoms with Gasteiger partial charge in [-0.15, -0.1) is 0 Å². The topological polar surface area (TPSA) is 48.9 Å². The first-order valence-corrected chi connectivity index (χ1v) is 5.99. The highest BCUT2D eigenvalue weighted by Crippen LogP contribution is 2.28. The minimum Gasteiger partial charge on any atom is -0.382 e. The predicted molar refractivity (Wildman–Crippen MR) is 71.6 cm³/mol. The van der Waals surface area contributed by atoms with Crippen molar-refractivity contribution in [3.05, 3.63) is 65.1 Å². The van der Waals surface area contributed by atoms with Crippen molar-refractivity contribution >= 4 is 22.5 Å². The van der Waals surface area contributed by atoms with Crippen molar-refractivity contribution in [2.24, 2.45) is 0 Å². The highest BCUT2D eigenvalue weighted by molar-refractivity contribution is 6.30. The predicted octanol–water partition coefficient (Wildman–Crippen LogP) is 3.30. The fourth-order valence-corrected chi connectivity index (χ4v) is 2.14. The van der Waals surface area contributed by atoms with Crippen LogP contribution in [0.2, 0.25) is 5.02 Å². The van der Waals surface area contributed by atoms with Crippen LogP contribution < -0.4 is 0 Å². The number of fused-ring (bicyclic) bond motifs is 1. The van der Waals surface area contributed by atoms with E-state index in [1.54, 1.807) is 12.1 Å². The number of aromatic amines is 1. The van der Waals surface area contributed by atoms with Crippen molar-refractivity contribution in [3.63, 3.8) is 0 Å². The molecule has 0 aliphatic heterocycles. The zero-order chi connectivity index (χ0) is 12.5. The molecule has 0 amide bonds. The summed E-state index contributed by atoms with van der Waals surface area (Å²) in [7, 11) is 0. The fourth-order valence-electron chi connectivity index (χ4n) is 2.03. The highest BCUT2D eigenvalue weighted by Gasteiger charge is 2.15. The molecule has 0 radical (unpaired) electrons. The average Bonchev–Trinajstić information content (AvgIpc) is 2.82. The number of rotatable bonds is 2. The molecule has 0 fully saturated rings. The van der Waals surface area contributed by atoms with E-state index in [1.807, 2.05) is 30.5 Å². The van der Waals surface area contributed by atoms with Gasteiger partial charge in [-0.2, -0.15) is 0 Å². The van der Waals surface area contributed by atoms with Crippen LogP contribution in [0.4, 0.5) is 0 Å². The molecule has 0 unspecified atom stereocenters. The van der Waals surface area contributed by atoms with Gasteiger partial charge in [-0.3, -0.25) is 4.98 Å². The van der Waals surface area contributed by atoms with Crippen molar-refractivity contribution in [3.8, 4) is 0 Å². The molecule has 2 aromatic heterocycles. The van der Waals surface area contributed by atoms with E-state index in [2.05, 4.69) is 9.97 Å². The molecule has 0 bridgehead atoms. The number of hydrogen-bond donors (Lipinski definition) is 2. The molecule has 2 heterocycles. The summed E-state index contributed by atoms with van der Waals surface area (Å²) < 4.78 is 0. The molecule has 2 N–H and O–H groups in total. The second-order valence-corrected chi connectivity index (χ2v) is 4.53. The van der Waals surface area contributed by atoms with Crippen molar-refractivity contribution < 1.29 is 5.11 Å². The van der Waals surface area contributed by atoms with E-state index >= 15 is 0 Å². The van der Waals surface area contributed by atoms with Crippen LogP contribution in [0.1, 0.15) is 17.4 Å². The quantitative estimate of drug-likeness (QED) is 0.741. The van der Waals surface area contributed by atoms with Crippen molar-refractivity contribution in [2.75, 3.05) is 0 Å². The Hall–Kier alpha value is -1.84. The Kier molecular flexibility index (Phi) is 2.78. The molecule has 1 aromatic carbocycles. The largest absolute Gasteiger partial charge is 0.382 e. The van der Waals surface area contributed by atoms with E-state index in [4.69, 9.17) is 11.6 Å². The lowest BCUT2D eigenvalue weighted by atomic mass is 10.1. The Morgan fingerprint density at radius 1 is 1.17 bits per heavy atom. The Labute approximate surface area is 109 Å². The van der Waals surface area contributed by atoms with Crippen LogP contribution >= 0.6 is 11.6 Å². The van der Waals surface area contributed by atoms with Gasteiger partial charge in [-0.25, -0.2) is 0 Å². The number of pyridine rings is 1. The Balaban J connectivity index is 2.06. The van der Waals surface area contributed by atoms with E-state index in [9.17, 15) is 5.11 Å². The molecule has 3 rings (SSSR count). The summed E-state index contributed by atoms with van der Waals surface area (Å²) in [5, 5.41) is 11.9. The number of hydrogen-bond acceptors (Lipinski definition) is 2. The smallest absolute Gasteiger partial charge is 0.123 e. The van der Waals surface area contributed by atoms with E-state index in [-0.39, 0.29) is 0 Å². The van der Waals surface area contributed by atoms with Gasteiger partial charge < -0.3 is 10.1 Å². The third-order valence-electron chi connectivity index (χ3n) is 2.95. The zero-order valence-electron chi connectivity index (χ0n) is 9.47. The van der Waals surface area contributed by atoms with Crippen LogP contribution in [-0.2, 0) is 0 Å². The lowest BCUT2D eigenvalue weighted by Gasteiger charge is -2.09. The van der Waals surface area contributed by atoms with Crippen molar-refractivity contribution in [1.82, 2.24) is 9.97 Å². The van der Waals surface area contributed by atoms with Gasteiger partial charge in [0.2, 0.25) is 0 Å². The second-order valence-electron chi connectivity index (χ2n) is 4.09. The number of nitrogens with zero attached hydrogens (tertiary/aromatic N) is 1. The number of H-pyrrole nitrogens is 1. The molecule has 0 spiro atoms. The molecule has 3 nitrogen and oxygen atoms in total. The number of nitrogens with one attached hydrogen (secondary N) is 1. The van der Waals surface area contributed by atoms with Gasteiger partial charge in [-0.05, 0) is 18.2 Å². The van der Waals surface area contributed by atoms with Gasteiger partial charge in [0.1, 0.15) is 6.10 Å². The first kappa shape index (κ1) is 11.3. The van der Waals surface area contributed by atoms with Crippen molar-refractivity contribution in [2.45, 2.75) is 6.10 Å². The summed E-state index contributed by atoms with van der Waals surface area (Å²) in [6.07, 6.45) is 2.60. The minimum atomic E-state index is -0.751. The van der Waals surface area contributed by atoms with Gasteiger partial charge in [0.15, 0.2) is 0 Å². The van der Waals surface area contributed by atoms with Gasteiger partial charge >= 0.3 is 0 Å². The number of benzene rings is 1. The Bertz CT molecular complexity index is 676. The highest BCUT2D eigenvalue weighted by atomic mass is 35.5. The molecule has 90 valence electrons.